The second kappa shape index (κ2) is 8.25. The van der Waals surface area contributed by atoms with E-state index in [9.17, 15) is 23.7 Å². The van der Waals surface area contributed by atoms with E-state index in [1.807, 2.05) is 6.92 Å². The number of nitro benzene ring substituents is 1. The monoisotopic (exact) mass is 332 g/mol. The number of halogens is 2. The first kappa shape index (κ1) is 18.6. The van der Waals surface area contributed by atoms with Crippen molar-refractivity contribution in [1.82, 2.24) is 5.32 Å². The van der Waals surface area contributed by atoms with Crippen LogP contribution < -0.4 is 14.8 Å². The van der Waals surface area contributed by atoms with Crippen LogP contribution >= 0.6 is 0 Å². The Morgan fingerprint density at radius 1 is 1.39 bits per heavy atom. The third kappa shape index (κ3) is 5.04. The summed E-state index contributed by atoms with van der Waals surface area (Å²) in [5, 5.41) is 13.7. The summed E-state index contributed by atoms with van der Waals surface area (Å²) >= 11 is 0. The SMILES string of the molecule is CCC[C@H](C)NC(=O)c1cc(OC)c(OC(F)F)cc1[N+](=O)[O-]. The van der Waals surface area contributed by atoms with Crippen molar-refractivity contribution in [1.29, 1.82) is 0 Å². The Balaban J connectivity index is 3.24. The third-order valence-electron chi connectivity index (χ3n) is 3.04. The minimum Gasteiger partial charge on any atom is -0.493 e. The summed E-state index contributed by atoms with van der Waals surface area (Å²) in [7, 11) is 1.18. The van der Waals surface area contributed by atoms with Crippen molar-refractivity contribution in [3.05, 3.63) is 27.8 Å². The van der Waals surface area contributed by atoms with Gasteiger partial charge in [-0.1, -0.05) is 13.3 Å². The lowest BCUT2D eigenvalue weighted by molar-refractivity contribution is -0.385. The largest absolute Gasteiger partial charge is 0.493 e. The molecule has 7 nitrogen and oxygen atoms in total. The first-order chi connectivity index (χ1) is 10.8. The molecule has 0 unspecified atom stereocenters. The van der Waals surface area contributed by atoms with Gasteiger partial charge in [0.25, 0.3) is 11.6 Å². The summed E-state index contributed by atoms with van der Waals surface area (Å²) in [5.41, 5.74) is -0.918. The van der Waals surface area contributed by atoms with Crippen LogP contribution in [0.2, 0.25) is 0 Å². The van der Waals surface area contributed by atoms with Gasteiger partial charge < -0.3 is 14.8 Å². The second-order valence-corrected chi connectivity index (χ2v) is 4.82. The van der Waals surface area contributed by atoms with Crippen LogP contribution in [0.1, 0.15) is 37.0 Å². The molecule has 9 heteroatoms. The van der Waals surface area contributed by atoms with Crippen LogP contribution in [0.25, 0.3) is 0 Å². The van der Waals surface area contributed by atoms with Crippen molar-refractivity contribution in [2.24, 2.45) is 0 Å². The maximum atomic E-state index is 12.4. The van der Waals surface area contributed by atoms with Crippen molar-refractivity contribution in [3.8, 4) is 11.5 Å². The highest BCUT2D eigenvalue weighted by Gasteiger charge is 2.26. The lowest BCUT2D eigenvalue weighted by Gasteiger charge is -2.15. The third-order valence-corrected chi connectivity index (χ3v) is 3.04. The first-order valence-corrected chi connectivity index (χ1v) is 6.92. The summed E-state index contributed by atoms with van der Waals surface area (Å²) < 4.78 is 33.8. The highest BCUT2D eigenvalue weighted by Crippen LogP contribution is 2.35. The zero-order valence-corrected chi connectivity index (χ0v) is 13.0. The number of carbonyl (C=O) groups excluding carboxylic acids is 1. The van der Waals surface area contributed by atoms with E-state index < -0.39 is 28.9 Å². The molecule has 0 aliphatic carbocycles. The molecule has 1 rings (SSSR count). The fourth-order valence-electron chi connectivity index (χ4n) is 2.04. The number of nitrogens with zero attached hydrogens (tertiary/aromatic N) is 1. The summed E-state index contributed by atoms with van der Waals surface area (Å²) in [5.74, 6) is -1.38. The Labute approximate surface area is 131 Å². The van der Waals surface area contributed by atoms with Crippen molar-refractivity contribution in [3.63, 3.8) is 0 Å². The molecule has 0 radical (unpaired) electrons. The lowest BCUT2D eigenvalue weighted by Crippen LogP contribution is -2.32. The lowest BCUT2D eigenvalue weighted by atomic mass is 10.1. The smallest absolute Gasteiger partial charge is 0.387 e. The summed E-state index contributed by atoms with van der Waals surface area (Å²) in [6.45, 7) is 0.524. The van der Waals surface area contributed by atoms with Crippen LogP contribution in [0.4, 0.5) is 14.5 Å². The minimum atomic E-state index is -3.17. The number of amides is 1. The van der Waals surface area contributed by atoms with Crippen LogP contribution in [0.5, 0.6) is 11.5 Å². The topological polar surface area (TPSA) is 90.7 Å². The summed E-state index contributed by atoms with van der Waals surface area (Å²) in [4.78, 5) is 22.5. The highest BCUT2D eigenvalue weighted by atomic mass is 19.3. The van der Waals surface area contributed by atoms with Crippen molar-refractivity contribution in [2.45, 2.75) is 39.3 Å². The van der Waals surface area contributed by atoms with Crippen LogP contribution in [0.15, 0.2) is 12.1 Å². The molecule has 128 valence electrons. The van der Waals surface area contributed by atoms with E-state index in [4.69, 9.17) is 4.74 Å². The molecular weight excluding hydrogens is 314 g/mol. The molecule has 0 saturated carbocycles. The molecule has 1 atom stereocenters. The predicted octanol–water partition coefficient (Wildman–Crippen LogP) is 3.12. The fourth-order valence-corrected chi connectivity index (χ4v) is 2.04. The van der Waals surface area contributed by atoms with Gasteiger partial charge in [-0.15, -0.1) is 0 Å². The van der Waals surface area contributed by atoms with Crippen LogP contribution in [-0.4, -0.2) is 30.6 Å². The van der Waals surface area contributed by atoms with Gasteiger partial charge >= 0.3 is 6.61 Å². The Kier molecular flexibility index (Phi) is 6.67. The number of hydrogen-bond donors (Lipinski definition) is 1. The van der Waals surface area contributed by atoms with Crippen molar-refractivity contribution in [2.75, 3.05) is 7.11 Å². The number of methoxy groups -OCH3 is 1. The van der Waals surface area contributed by atoms with E-state index in [-0.39, 0.29) is 17.4 Å². The van der Waals surface area contributed by atoms with Gasteiger partial charge in [-0.25, -0.2) is 0 Å². The van der Waals surface area contributed by atoms with Crippen LogP contribution in [-0.2, 0) is 0 Å². The van der Waals surface area contributed by atoms with Crippen molar-refractivity contribution < 1.29 is 28.0 Å². The van der Waals surface area contributed by atoms with Gasteiger partial charge in [0.05, 0.1) is 18.1 Å². The molecule has 1 aromatic rings. The molecule has 0 fully saturated rings. The number of ether oxygens (including phenoxy) is 2. The molecule has 0 aliphatic rings. The average molecular weight is 332 g/mol. The van der Waals surface area contributed by atoms with Gasteiger partial charge in [0.2, 0.25) is 0 Å². The van der Waals surface area contributed by atoms with Crippen LogP contribution in [0.3, 0.4) is 0 Å². The van der Waals surface area contributed by atoms with E-state index in [0.717, 1.165) is 18.6 Å². The standard InChI is InChI=1S/C14H18F2N2O5/c1-4-5-8(2)17-13(19)9-6-11(22-3)12(23-14(15)16)7-10(9)18(20)21/h6-8,14H,4-5H2,1-3H3,(H,17,19)/t8-/m0/s1. The van der Waals surface area contributed by atoms with E-state index in [0.29, 0.717) is 6.42 Å². The maximum absolute atomic E-state index is 12.4. The minimum absolute atomic E-state index is 0.185. The Hall–Kier alpha value is -2.45. The molecule has 0 saturated heterocycles. The molecule has 0 heterocycles. The maximum Gasteiger partial charge on any atom is 0.387 e. The van der Waals surface area contributed by atoms with E-state index in [2.05, 4.69) is 10.1 Å². The molecule has 0 aliphatic heterocycles. The quantitative estimate of drug-likeness (QED) is 0.583. The molecule has 0 aromatic heterocycles. The molecule has 1 aromatic carbocycles. The second-order valence-electron chi connectivity index (χ2n) is 4.82. The van der Waals surface area contributed by atoms with E-state index in [1.165, 1.54) is 7.11 Å². The van der Waals surface area contributed by atoms with E-state index in [1.54, 1.807) is 6.92 Å². The Morgan fingerprint density at radius 2 is 2.04 bits per heavy atom. The molecule has 1 N–H and O–H groups in total. The van der Waals surface area contributed by atoms with Gasteiger partial charge in [0.15, 0.2) is 11.5 Å². The summed E-state index contributed by atoms with van der Waals surface area (Å²) in [6.07, 6.45) is 1.53. The number of hydrogen-bond acceptors (Lipinski definition) is 5. The summed E-state index contributed by atoms with van der Waals surface area (Å²) in [6, 6.07) is 1.59. The number of nitro groups is 1. The highest BCUT2D eigenvalue weighted by molar-refractivity contribution is 5.99. The number of nitrogens with one attached hydrogen (secondary N) is 1. The van der Waals surface area contributed by atoms with Gasteiger partial charge in [0.1, 0.15) is 5.56 Å². The molecule has 1 amide bonds. The van der Waals surface area contributed by atoms with Crippen molar-refractivity contribution >= 4 is 11.6 Å². The van der Waals surface area contributed by atoms with Gasteiger partial charge in [0, 0.05) is 12.1 Å². The predicted molar refractivity (Wildman–Crippen MR) is 78.1 cm³/mol. The molecule has 0 spiro atoms. The fraction of sp³-hybridized carbons (Fsp3) is 0.500. The first-order valence-electron chi connectivity index (χ1n) is 6.92. The Bertz CT molecular complexity index is 581. The average Bonchev–Trinajstić information content (AvgIpc) is 2.46. The number of alkyl halides is 2. The van der Waals surface area contributed by atoms with Crippen LogP contribution in [0, 0.1) is 10.1 Å². The Morgan fingerprint density at radius 3 is 2.52 bits per heavy atom. The van der Waals surface area contributed by atoms with Gasteiger partial charge in [-0.05, 0) is 13.3 Å². The zero-order chi connectivity index (χ0) is 17.6. The molecular formula is C14H18F2N2O5. The molecule has 0 bridgehead atoms. The van der Waals surface area contributed by atoms with Gasteiger partial charge in [-0.2, -0.15) is 8.78 Å². The number of benzene rings is 1. The number of rotatable bonds is 8. The normalized spacial score (nSPS) is 11.9. The zero-order valence-electron chi connectivity index (χ0n) is 13.0. The number of carbonyl (C=O) groups is 1. The van der Waals surface area contributed by atoms with Gasteiger partial charge in [-0.3, -0.25) is 14.9 Å². The van der Waals surface area contributed by atoms with E-state index >= 15 is 0 Å². The molecule has 23 heavy (non-hydrogen) atoms.